The summed E-state index contributed by atoms with van der Waals surface area (Å²) < 4.78 is 9.45. The molecule has 1 aliphatic heterocycles. The summed E-state index contributed by atoms with van der Waals surface area (Å²) in [6, 6.07) is 0. The molecule has 1 rings (SSSR count). The van der Waals surface area contributed by atoms with E-state index in [1.165, 1.54) is 14.0 Å². The van der Waals surface area contributed by atoms with E-state index >= 15 is 0 Å². The summed E-state index contributed by atoms with van der Waals surface area (Å²) in [6.45, 7) is 1.19. The molecule has 0 bridgehead atoms. The molecule has 0 radical (unpaired) electrons. The van der Waals surface area contributed by atoms with E-state index in [4.69, 9.17) is 4.74 Å². The van der Waals surface area contributed by atoms with Gasteiger partial charge in [0.15, 0.2) is 0 Å². The predicted molar refractivity (Wildman–Crippen MR) is 53.9 cm³/mol. The number of hydrogen-bond donors (Lipinski definition) is 2. The number of rotatable bonds is 2. The van der Waals surface area contributed by atoms with Crippen molar-refractivity contribution in [1.29, 1.82) is 0 Å². The zero-order valence-electron chi connectivity index (χ0n) is 8.95. The van der Waals surface area contributed by atoms with Crippen LogP contribution in [0.15, 0.2) is 0 Å². The van der Waals surface area contributed by atoms with Crippen molar-refractivity contribution in [2.75, 3.05) is 7.11 Å². The van der Waals surface area contributed by atoms with Crippen molar-refractivity contribution < 1.29 is 29.3 Å². The predicted octanol–water partition coefficient (Wildman–Crippen LogP) is -1.26. The van der Waals surface area contributed by atoms with Crippen LogP contribution in [-0.4, -0.2) is 62.5 Å². The number of carbonyl (C=O) groups is 2. The van der Waals surface area contributed by atoms with Crippen molar-refractivity contribution in [3.05, 3.63) is 0 Å². The van der Waals surface area contributed by atoms with Crippen molar-refractivity contribution in [3.8, 4) is 0 Å². The zero-order chi connectivity index (χ0) is 12.3. The second-order valence-corrected chi connectivity index (χ2v) is 5.87. The van der Waals surface area contributed by atoms with E-state index < -0.39 is 35.1 Å². The summed E-state index contributed by atoms with van der Waals surface area (Å²) >= 11 is -0.258. The van der Waals surface area contributed by atoms with Crippen LogP contribution < -0.4 is 0 Å². The molecule has 0 spiro atoms. The van der Waals surface area contributed by atoms with E-state index in [1.54, 1.807) is 0 Å². The van der Waals surface area contributed by atoms with Crippen LogP contribution in [0.4, 0.5) is 0 Å². The minimum atomic E-state index is -1.23. The number of hydrogen-bond acceptors (Lipinski definition) is 6. The molecule has 1 fully saturated rings. The van der Waals surface area contributed by atoms with Crippen LogP contribution >= 0.6 is 0 Å². The maximum atomic E-state index is 11.4. The molecule has 6 nitrogen and oxygen atoms in total. The second-order valence-electron chi connectivity index (χ2n) is 3.41. The molecule has 1 aliphatic rings. The van der Waals surface area contributed by atoms with Gasteiger partial charge in [-0.15, -0.1) is 0 Å². The van der Waals surface area contributed by atoms with Gasteiger partial charge in [-0.05, 0) is 0 Å². The summed E-state index contributed by atoms with van der Waals surface area (Å²) in [6.07, 6.45) is -3.19. The van der Waals surface area contributed by atoms with E-state index in [1.807, 2.05) is 0 Å². The number of aliphatic hydroxyl groups is 2. The van der Waals surface area contributed by atoms with Crippen molar-refractivity contribution >= 4 is 26.9 Å². The zero-order valence-corrected chi connectivity index (χ0v) is 10.7. The van der Waals surface area contributed by atoms with Gasteiger partial charge < -0.3 is 0 Å². The maximum absolute atomic E-state index is 11.4. The number of aliphatic hydroxyl groups excluding tert-OH is 2. The van der Waals surface area contributed by atoms with Crippen LogP contribution in [0.1, 0.15) is 6.92 Å². The monoisotopic (exact) mass is 298 g/mol. The Balaban J connectivity index is 2.80. The topological polar surface area (TPSA) is 93.1 Å². The summed E-state index contributed by atoms with van der Waals surface area (Å²) in [7, 11) is 1.24. The summed E-state index contributed by atoms with van der Waals surface area (Å²) in [5.41, 5.74) is 0. The average molecular weight is 297 g/mol. The molecule has 16 heavy (non-hydrogen) atoms. The van der Waals surface area contributed by atoms with E-state index in [2.05, 4.69) is 4.74 Å². The molecule has 0 aromatic carbocycles. The van der Waals surface area contributed by atoms with Crippen LogP contribution in [0, 0.1) is 0 Å². The van der Waals surface area contributed by atoms with Crippen molar-refractivity contribution in [2.45, 2.75) is 35.4 Å². The Morgan fingerprint density at radius 3 is 2.50 bits per heavy atom. The molecule has 1 heterocycles. The van der Waals surface area contributed by atoms with E-state index in [0.29, 0.717) is 5.32 Å². The Morgan fingerprint density at radius 2 is 2.00 bits per heavy atom. The molecule has 0 aliphatic carbocycles. The standard InChI is InChI=1S/C9H14O6Se/c1-4(10)15-7-6(12)5(11)3-16-8(7)9(13)14-2/h5-8,11-12H,3H2,1-2H3/t5-,6-,7+,8?/m0/s1. The molecule has 2 N–H and O–H groups in total. The Bertz CT molecular complexity index is 281. The normalized spacial score (nSPS) is 34.2. The van der Waals surface area contributed by atoms with Gasteiger partial charge in [-0.3, -0.25) is 0 Å². The Kier molecular flexibility index (Phi) is 4.73. The number of esters is 2. The van der Waals surface area contributed by atoms with Crippen LogP contribution in [0.25, 0.3) is 0 Å². The molecule has 7 heteroatoms. The second kappa shape index (κ2) is 5.63. The summed E-state index contributed by atoms with van der Waals surface area (Å²) in [5.74, 6) is -1.11. The Labute approximate surface area is 99.1 Å². The molecule has 1 unspecified atom stereocenters. The van der Waals surface area contributed by atoms with Crippen LogP contribution in [0.5, 0.6) is 0 Å². The molecular weight excluding hydrogens is 283 g/mol. The first-order valence-corrected chi connectivity index (χ1v) is 6.90. The minimum absolute atomic E-state index is 0.258. The van der Waals surface area contributed by atoms with Gasteiger partial charge in [0.1, 0.15) is 0 Å². The van der Waals surface area contributed by atoms with E-state index in [-0.39, 0.29) is 15.0 Å². The van der Waals surface area contributed by atoms with Crippen LogP contribution in [0.2, 0.25) is 10.1 Å². The molecular formula is C9H14O6Se. The van der Waals surface area contributed by atoms with Crippen molar-refractivity contribution in [3.63, 3.8) is 0 Å². The van der Waals surface area contributed by atoms with Crippen molar-refractivity contribution in [1.82, 2.24) is 0 Å². The van der Waals surface area contributed by atoms with Crippen molar-refractivity contribution in [2.24, 2.45) is 0 Å². The summed E-state index contributed by atoms with van der Waals surface area (Å²) in [5, 5.41) is 19.5. The van der Waals surface area contributed by atoms with Gasteiger partial charge in [0, 0.05) is 0 Å². The van der Waals surface area contributed by atoms with Gasteiger partial charge >= 0.3 is 98.7 Å². The van der Waals surface area contributed by atoms with Crippen LogP contribution in [-0.2, 0) is 19.1 Å². The van der Waals surface area contributed by atoms with Gasteiger partial charge in [-0.2, -0.15) is 0 Å². The fourth-order valence-electron chi connectivity index (χ4n) is 1.44. The van der Waals surface area contributed by atoms with E-state index in [9.17, 15) is 19.8 Å². The quantitative estimate of drug-likeness (QED) is 0.488. The molecule has 0 aromatic heterocycles. The third kappa shape index (κ3) is 2.95. The van der Waals surface area contributed by atoms with Crippen LogP contribution in [0.3, 0.4) is 0 Å². The first-order chi connectivity index (χ1) is 7.47. The first kappa shape index (κ1) is 13.4. The fraction of sp³-hybridized carbons (Fsp3) is 0.778. The third-order valence-electron chi connectivity index (χ3n) is 2.21. The molecule has 0 amide bonds. The van der Waals surface area contributed by atoms with Gasteiger partial charge in [0.2, 0.25) is 0 Å². The first-order valence-electron chi connectivity index (χ1n) is 4.70. The van der Waals surface area contributed by atoms with Gasteiger partial charge in [-0.1, -0.05) is 0 Å². The molecule has 0 aromatic rings. The fourth-order valence-corrected chi connectivity index (χ4v) is 4.04. The third-order valence-corrected chi connectivity index (χ3v) is 5.05. The average Bonchev–Trinajstić information content (AvgIpc) is 2.23. The Morgan fingerprint density at radius 1 is 1.38 bits per heavy atom. The number of methoxy groups -OCH3 is 1. The molecule has 0 saturated carbocycles. The van der Waals surface area contributed by atoms with Gasteiger partial charge in [0.25, 0.3) is 0 Å². The van der Waals surface area contributed by atoms with E-state index in [0.717, 1.165) is 0 Å². The van der Waals surface area contributed by atoms with Gasteiger partial charge in [0.05, 0.1) is 0 Å². The summed E-state index contributed by atoms with van der Waals surface area (Å²) in [4.78, 5) is 21.6. The number of carbonyl (C=O) groups excluding carboxylic acids is 2. The Hall–Kier alpha value is -0.621. The SMILES string of the molecule is COC(=O)C1[Se]C[C@H](O)[C@H](O)[C@H]1OC(C)=O. The molecule has 4 atom stereocenters. The van der Waals surface area contributed by atoms with Gasteiger partial charge in [-0.25, -0.2) is 0 Å². The number of ether oxygens (including phenoxy) is 2. The molecule has 92 valence electrons. The molecule has 1 saturated heterocycles.